The molecule has 0 spiro atoms. The van der Waals surface area contributed by atoms with Crippen molar-refractivity contribution in [3.8, 4) is 57.1 Å². The fraction of sp³-hybridized carbons (Fsp3) is 0.465. The normalized spacial score (nSPS) is 28.7. The number of hydrogen-bond donors (Lipinski definition) is 17. The number of fused-ring (bicyclic) bond motifs is 15. The summed E-state index contributed by atoms with van der Waals surface area (Å²) in [5, 5.41) is 123. The highest BCUT2D eigenvalue weighted by Gasteiger charge is 2.53. The minimum absolute atomic E-state index is 0.0766. The number of nitrogens with zero attached hydrogens (tertiary/aromatic N) is 2. The Kier molecular flexibility index (Phi) is 24.0. The number of nitrogens with one attached hydrogen (secondary N) is 7. The number of likely N-dealkylation sites (N-methyl/N-ethyl adjacent to an activating group) is 3. The maximum Gasteiger partial charge on any atom is 0.249 e. The zero-order valence-corrected chi connectivity index (χ0v) is 60.6. The third-order valence-corrected chi connectivity index (χ3v) is 20.2. The Balaban J connectivity index is 1.25. The van der Waals surface area contributed by atoms with E-state index in [0.717, 1.165) is 53.4 Å². The summed E-state index contributed by atoms with van der Waals surface area (Å²) in [5.74, 6) is -14.2. The molecule has 572 valence electrons. The summed E-state index contributed by atoms with van der Waals surface area (Å²) >= 11 is 14.3. The SMILES string of the molecule is CN[C@H](CC(C)C)C(=O)NC1C(=O)N[C@@H](CC(N)=O)C(=O)N[C@H]2C(=O)N[C@H]3C(=O)N[C@H](C(=O)N[C@H](C(=O)N(C)C)c4cc(O)c(C)c(O)c4-c4cc3ccc4O)[C@H](O)c3ccc(c(Cl)c3)Oc3cc2cc(c3O[C@@H]2O[C@H](CO)[C@@H](O)[C@H](O)[C@H]2O[C@H]2C[C@](C)(N(C)C)[C@H](O)[C@H](C)O2)Oc2ccc(cc2Cl)[C@H]1O. The van der Waals surface area contributed by atoms with E-state index < -0.39 is 215 Å². The number of phenolic OH excluding ortho intramolecular Hbond substituents is 3. The largest absolute Gasteiger partial charge is 0.508 e. The highest BCUT2D eigenvalue weighted by Crippen LogP contribution is 2.51. The van der Waals surface area contributed by atoms with E-state index >= 15 is 19.2 Å². The molecule has 11 bridgehead atoms. The predicted octanol–water partition coefficient (Wildman–Crippen LogP) is 1.02. The Hall–Kier alpha value is -9.20. The average molecular weight is 1520 g/mol. The van der Waals surface area contributed by atoms with Crippen molar-refractivity contribution < 1.29 is 113 Å². The molecule has 5 aromatic carbocycles. The molecule has 7 aliphatic rings. The molecule has 0 saturated carbocycles. The highest BCUT2D eigenvalue weighted by atomic mass is 35.5. The first-order valence-corrected chi connectivity index (χ1v) is 34.5. The van der Waals surface area contributed by atoms with E-state index in [4.69, 9.17) is 57.4 Å². The van der Waals surface area contributed by atoms with E-state index in [2.05, 4.69) is 37.2 Å². The third kappa shape index (κ3) is 16.2. The van der Waals surface area contributed by atoms with Crippen molar-refractivity contribution in [3.63, 3.8) is 0 Å². The predicted molar refractivity (Wildman–Crippen MR) is 375 cm³/mol. The second-order valence-corrected chi connectivity index (χ2v) is 28.6. The van der Waals surface area contributed by atoms with Crippen molar-refractivity contribution in [1.29, 1.82) is 0 Å². The number of aliphatic hydroxyl groups is 6. The van der Waals surface area contributed by atoms with Crippen molar-refractivity contribution in [2.24, 2.45) is 11.7 Å². The molecular formula is C71H86Cl2N10O23. The summed E-state index contributed by atoms with van der Waals surface area (Å²) < 4.78 is 39.0. The van der Waals surface area contributed by atoms with Crippen LogP contribution in [-0.4, -0.2) is 224 Å². The van der Waals surface area contributed by atoms with Gasteiger partial charge in [0.05, 0.1) is 46.9 Å². The van der Waals surface area contributed by atoms with Gasteiger partial charge in [-0.3, -0.25) is 38.4 Å². The Labute approximate surface area is 617 Å². The zero-order chi connectivity index (χ0) is 77.6. The van der Waals surface area contributed by atoms with Crippen LogP contribution in [0.1, 0.15) is 111 Å². The van der Waals surface area contributed by atoms with Crippen LogP contribution in [-0.2, 0) is 52.6 Å². The van der Waals surface area contributed by atoms with Crippen LogP contribution in [0.4, 0.5) is 0 Å². The number of primary amides is 1. The Morgan fingerprint density at radius 2 is 1.31 bits per heavy atom. The monoisotopic (exact) mass is 1520 g/mol. The number of ether oxygens (including phenoxy) is 6. The standard InChI is InChI=1S/C71H86Cl2N10O23/c1-27(2)17-38(75-6)63(94)80-53-56(89)31-12-15-42(36(72)19-31)102-44-21-33-22-45(60(44)106-70-61(59(92)58(91)46(26-84)104-70)105-48-25-71(5,83(9)10)62(93)29(4)101-48)103-43-16-13-32(20-37(43)73)57(90)54-68(99)79-52(69(100)82(7)8)35-23-41(86)28(3)55(88)49(35)34-18-30(11-14-40(34)85)50(65(96)81-54)78-66(97)51(33)77-64(95)39(24-47(74)87)76-67(53)98/h11-16,18-23,27,29,38-39,46,48,50-54,56-59,61-62,70,75,84-86,88-93H,17,24-26H2,1-10H3,(H2,74,87)(H,76,98)(H,77,95)(H,78,97)(H,79,99)(H,80,94)(H,81,96)/t29-,38+,39-,46+,48-,50+,51+,52-,53?,54-,56+,57+,58+,59-,61+,62+,70-,71-/m0/s1. The van der Waals surface area contributed by atoms with E-state index in [0.29, 0.717) is 0 Å². The molecule has 7 aliphatic heterocycles. The summed E-state index contributed by atoms with van der Waals surface area (Å²) in [4.78, 5) is 122. The van der Waals surface area contributed by atoms with Gasteiger partial charge in [0.15, 0.2) is 23.9 Å². The lowest BCUT2D eigenvalue weighted by Crippen LogP contribution is -2.65. The van der Waals surface area contributed by atoms with Crippen LogP contribution in [0, 0.1) is 12.8 Å². The van der Waals surface area contributed by atoms with E-state index in [1.165, 1.54) is 52.3 Å². The molecule has 12 rings (SSSR count). The molecule has 18 N–H and O–H groups in total. The molecule has 35 heteroatoms. The lowest BCUT2D eigenvalue weighted by molar-refractivity contribution is -0.337. The van der Waals surface area contributed by atoms with Crippen molar-refractivity contribution in [1.82, 2.24) is 47.0 Å². The number of aromatic hydroxyl groups is 3. The van der Waals surface area contributed by atoms with Crippen LogP contribution in [0.15, 0.2) is 72.8 Å². The number of benzene rings is 5. The number of hydrogen-bond acceptors (Lipinski definition) is 25. The molecule has 33 nitrogen and oxygen atoms in total. The lowest BCUT2D eigenvalue weighted by Gasteiger charge is -2.50. The number of amides is 8. The highest BCUT2D eigenvalue weighted by molar-refractivity contribution is 6.32. The molecule has 8 amide bonds. The van der Waals surface area contributed by atoms with Gasteiger partial charge >= 0.3 is 0 Å². The minimum Gasteiger partial charge on any atom is -0.508 e. The van der Waals surface area contributed by atoms with Crippen molar-refractivity contribution in [3.05, 3.63) is 116 Å². The first kappa shape index (κ1) is 79.4. The molecule has 0 aliphatic carbocycles. The molecule has 1 unspecified atom stereocenters. The number of rotatable bonds is 14. The summed E-state index contributed by atoms with van der Waals surface area (Å²) in [7, 11) is 7.56. The topological polar surface area (TPSA) is 491 Å². The number of aliphatic hydroxyl groups excluding tert-OH is 6. The number of halogens is 2. The van der Waals surface area contributed by atoms with Gasteiger partial charge in [0.25, 0.3) is 0 Å². The Morgan fingerprint density at radius 1 is 0.717 bits per heavy atom. The summed E-state index contributed by atoms with van der Waals surface area (Å²) in [5.41, 5.74) is 2.37. The summed E-state index contributed by atoms with van der Waals surface area (Å²) in [6.45, 7) is 7.32. The van der Waals surface area contributed by atoms with Gasteiger partial charge in [-0.2, -0.15) is 0 Å². The molecule has 0 aromatic heterocycles. The van der Waals surface area contributed by atoms with E-state index in [1.54, 1.807) is 32.8 Å². The van der Waals surface area contributed by atoms with Crippen molar-refractivity contribution in [2.75, 3.05) is 41.8 Å². The van der Waals surface area contributed by atoms with E-state index in [9.17, 15) is 65.1 Å². The van der Waals surface area contributed by atoms with Crippen molar-refractivity contribution >= 4 is 70.5 Å². The molecule has 106 heavy (non-hydrogen) atoms. The number of carbonyl (C=O) groups is 8. The first-order chi connectivity index (χ1) is 49.9. The molecular weight excluding hydrogens is 1430 g/mol. The number of carbonyl (C=O) groups excluding carboxylic acids is 8. The van der Waals surface area contributed by atoms with Gasteiger partial charge in [-0.25, -0.2) is 0 Å². The summed E-state index contributed by atoms with van der Waals surface area (Å²) in [6.07, 6.45) is -17.9. The van der Waals surface area contributed by atoms with E-state index in [-0.39, 0.29) is 74.2 Å². The average Bonchev–Trinajstić information content (AvgIpc) is 0.762. The van der Waals surface area contributed by atoms with Crippen LogP contribution in [0.25, 0.3) is 11.1 Å². The molecule has 2 fully saturated rings. The van der Waals surface area contributed by atoms with Gasteiger partial charge < -0.3 is 127 Å². The fourth-order valence-corrected chi connectivity index (χ4v) is 13.7. The minimum atomic E-state index is -2.32. The van der Waals surface area contributed by atoms with Gasteiger partial charge in [0, 0.05) is 37.2 Å². The van der Waals surface area contributed by atoms with Gasteiger partial charge in [0.1, 0.15) is 95.5 Å². The van der Waals surface area contributed by atoms with Gasteiger partial charge in [-0.1, -0.05) is 55.2 Å². The van der Waals surface area contributed by atoms with Crippen LogP contribution in [0.2, 0.25) is 10.0 Å². The van der Waals surface area contributed by atoms with Crippen molar-refractivity contribution in [2.45, 2.75) is 163 Å². The van der Waals surface area contributed by atoms with Crippen LogP contribution in [0.3, 0.4) is 0 Å². The molecule has 0 radical (unpaired) electrons. The third-order valence-electron chi connectivity index (χ3n) is 19.6. The van der Waals surface area contributed by atoms with Gasteiger partial charge in [-0.05, 0) is 137 Å². The maximum absolute atomic E-state index is 16.2. The smallest absolute Gasteiger partial charge is 0.249 e. The first-order valence-electron chi connectivity index (χ1n) is 33.8. The number of phenols is 3. The summed E-state index contributed by atoms with van der Waals surface area (Å²) in [6, 6.07) is -0.146. The maximum atomic E-state index is 16.2. The van der Waals surface area contributed by atoms with Crippen LogP contribution in [0.5, 0.6) is 46.0 Å². The van der Waals surface area contributed by atoms with Crippen LogP contribution < -0.4 is 57.2 Å². The fourth-order valence-electron chi connectivity index (χ4n) is 13.3. The number of nitrogens with two attached hydrogens (primary N) is 1. The second kappa shape index (κ2) is 32.1. The molecule has 7 heterocycles. The second-order valence-electron chi connectivity index (χ2n) is 27.8. The van der Waals surface area contributed by atoms with Gasteiger partial charge in [0.2, 0.25) is 59.3 Å². The van der Waals surface area contributed by atoms with Crippen LogP contribution >= 0.6 is 23.2 Å². The molecule has 18 atom stereocenters. The quantitative estimate of drug-likeness (QED) is 0.0738. The van der Waals surface area contributed by atoms with E-state index in [1.807, 2.05) is 13.8 Å². The Morgan fingerprint density at radius 3 is 1.89 bits per heavy atom. The lowest BCUT2D eigenvalue weighted by atomic mass is 9.84. The van der Waals surface area contributed by atoms with Gasteiger partial charge in [-0.15, -0.1) is 0 Å². The molecule has 2 saturated heterocycles. The Bertz CT molecular complexity index is 4250. The molecule has 5 aromatic rings. The zero-order valence-electron chi connectivity index (χ0n) is 59.1.